The molecule has 3 heterocycles. The Morgan fingerprint density at radius 3 is 2.75 bits per heavy atom. The molecule has 1 saturated heterocycles. The highest BCUT2D eigenvalue weighted by Crippen LogP contribution is 2.24. The van der Waals surface area contributed by atoms with E-state index in [1.165, 1.54) is 18.5 Å². The lowest BCUT2D eigenvalue weighted by Gasteiger charge is -2.36. The van der Waals surface area contributed by atoms with Gasteiger partial charge in [0, 0.05) is 39.3 Å². The Morgan fingerprint density at radius 2 is 2.08 bits per heavy atom. The summed E-state index contributed by atoms with van der Waals surface area (Å²) in [4.78, 5) is 17.0. The van der Waals surface area contributed by atoms with Crippen LogP contribution in [0, 0.1) is 17.1 Å². The molecule has 2 aromatic heterocycles. The van der Waals surface area contributed by atoms with Crippen LogP contribution in [0.3, 0.4) is 0 Å². The second kappa shape index (κ2) is 11.3. The molecule has 3 aromatic rings. The maximum absolute atomic E-state index is 14.5. The molecule has 7 N–H and O–H groups in total. The van der Waals surface area contributed by atoms with E-state index in [0.29, 0.717) is 48.0 Å². The Bertz CT molecular complexity index is 1280. The number of piperazine rings is 1. The van der Waals surface area contributed by atoms with Gasteiger partial charge in [-0.15, -0.1) is 0 Å². The number of aromatic nitrogens is 2. The van der Waals surface area contributed by atoms with Crippen LogP contribution in [0.15, 0.2) is 46.0 Å². The predicted molar refractivity (Wildman–Crippen MR) is 135 cm³/mol. The van der Waals surface area contributed by atoms with Crippen molar-refractivity contribution in [3.63, 3.8) is 0 Å². The summed E-state index contributed by atoms with van der Waals surface area (Å²) in [6.45, 7) is 4.25. The fraction of sp³-hybridized carbons (Fsp3) is 0.292. The minimum Gasteiger partial charge on any atom is -0.461 e. The van der Waals surface area contributed by atoms with Crippen molar-refractivity contribution in [2.45, 2.75) is 6.42 Å². The van der Waals surface area contributed by atoms with E-state index in [2.05, 4.69) is 25.2 Å². The first-order valence-corrected chi connectivity index (χ1v) is 11.5. The third-order valence-corrected chi connectivity index (χ3v) is 5.84. The van der Waals surface area contributed by atoms with E-state index in [4.69, 9.17) is 26.6 Å². The molecule has 1 aliphatic rings. The van der Waals surface area contributed by atoms with E-state index in [1.807, 2.05) is 11.0 Å². The van der Waals surface area contributed by atoms with Gasteiger partial charge in [0.25, 0.3) is 0 Å². The fourth-order valence-corrected chi connectivity index (χ4v) is 3.99. The van der Waals surface area contributed by atoms with Crippen molar-refractivity contribution in [2.75, 3.05) is 55.2 Å². The van der Waals surface area contributed by atoms with E-state index in [9.17, 15) is 4.39 Å². The molecule has 12 heteroatoms. The van der Waals surface area contributed by atoms with E-state index < -0.39 is 0 Å². The molecule has 186 valence electrons. The second-order valence-corrected chi connectivity index (χ2v) is 8.18. The third-order valence-electron chi connectivity index (χ3n) is 5.84. The van der Waals surface area contributed by atoms with Crippen LogP contribution in [0.4, 0.5) is 27.7 Å². The molecule has 1 aromatic carbocycles. The molecule has 0 bridgehead atoms. The van der Waals surface area contributed by atoms with Gasteiger partial charge in [-0.2, -0.15) is 15.2 Å². The Kier molecular flexibility index (Phi) is 7.72. The number of hydrogen-bond acceptors (Lipinski definition) is 9. The molecule has 1 aliphatic heterocycles. The fourth-order valence-electron chi connectivity index (χ4n) is 3.99. The number of rotatable bonds is 9. The minimum absolute atomic E-state index is 0.0329. The van der Waals surface area contributed by atoms with Gasteiger partial charge in [-0.25, -0.2) is 9.38 Å². The average molecular weight is 492 g/mol. The minimum atomic E-state index is -0.295. The van der Waals surface area contributed by atoms with Crippen LogP contribution in [0.5, 0.6) is 0 Å². The van der Waals surface area contributed by atoms with Gasteiger partial charge >= 0.3 is 0 Å². The summed E-state index contributed by atoms with van der Waals surface area (Å²) < 4.78 is 19.8. The number of aliphatic imine (C=N–C) groups is 1. The standard InChI is InChI=1S/C24H27FN10O/c25-18-14-16(5-6-26)3-4-19(18)35-11-9-34(10-12-35)8-7-30-22-17(15-27)23(33-24(29)32-22)31-21(28)20-2-1-13-36-20/h1-4,13-15,27H,5,7-12H2,(H5,28,29,30,31,32,33)/p+1. The zero-order chi connectivity index (χ0) is 25.5. The first-order chi connectivity index (χ1) is 17.5. The van der Waals surface area contributed by atoms with E-state index >= 15 is 0 Å². The number of nitrogens with two attached hydrogens (primary N) is 3. The predicted octanol–water partition coefficient (Wildman–Crippen LogP) is 0.306. The van der Waals surface area contributed by atoms with Crippen LogP contribution in [0.2, 0.25) is 0 Å². The average Bonchev–Trinajstić information content (AvgIpc) is 3.40. The summed E-state index contributed by atoms with van der Waals surface area (Å²) in [7, 11) is 0. The van der Waals surface area contributed by atoms with Gasteiger partial charge in [0.1, 0.15) is 17.2 Å². The molecule has 4 rings (SSSR count). The zero-order valence-electron chi connectivity index (χ0n) is 19.7. The molecule has 0 spiro atoms. The molecule has 0 radical (unpaired) electrons. The summed E-state index contributed by atoms with van der Waals surface area (Å²) in [6.07, 6.45) is 3.05. The largest absolute Gasteiger partial charge is 0.461 e. The molecule has 36 heavy (non-hydrogen) atoms. The number of amidine groups is 1. The summed E-state index contributed by atoms with van der Waals surface area (Å²) in [6, 6.07) is 10.4. The highest BCUT2D eigenvalue weighted by molar-refractivity contribution is 5.98. The first-order valence-electron chi connectivity index (χ1n) is 11.5. The van der Waals surface area contributed by atoms with Crippen molar-refractivity contribution in [1.82, 2.24) is 14.9 Å². The number of furan rings is 1. The molecule has 0 saturated carbocycles. The number of nitrogen functional groups attached to an aromatic ring is 1. The van der Waals surface area contributed by atoms with Gasteiger partial charge in [0.2, 0.25) is 5.95 Å². The van der Waals surface area contributed by atoms with Crippen molar-refractivity contribution in [3.8, 4) is 6.07 Å². The van der Waals surface area contributed by atoms with Crippen LogP contribution in [-0.2, 0) is 6.42 Å². The topological polar surface area (TPSA) is 171 Å². The van der Waals surface area contributed by atoms with Crippen LogP contribution in [0.25, 0.3) is 0 Å². The number of benzene rings is 1. The molecule has 1 fully saturated rings. The van der Waals surface area contributed by atoms with Crippen molar-refractivity contribution < 1.29 is 14.2 Å². The molecule has 0 unspecified atom stereocenters. The number of nitrogens with one attached hydrogen (secondary N) is 1. The summed E-state index contributed by atoms with van der Waals surface area (Å²) in [5, 5.41) is 17.9. The monoisotopic (exact) mass is 491 g/mol. The first kappa shape index (κ1) is 24.6. The van der Waals surface area contributed by atoms with Gasteiger partial charge in [0.15, 0.2) is 23.6 Å². The van der Waals surface area contributed by atoms with Crippen molar-refractivity contribution >= 4 is 35.3 Å². The number of hydrogen-bond donors (Lipinski definition) is 4. The van der Waals surface area contributed by atoms with Gasteiger partial charge < -0.3 is 26.1 Å². The summed E-state index contributed by atoms with van der Waals surface area (Å²) in [5.74, 6) is 0.969. The lowest BCUT2D eigenvalue weighted by Crippen LogP contribution is -2.48. The summed E-state index contributed by atoms with van der Waals surface area (Å²) >= 11 is 0. The Hall–Kier alpha value is -4.50. The highest BCUT2D eigenvalue weighted by atomic mass is 19.1. The Labute approximate surface area is 207 Å². The SMILES string of the molecule is N#CCc1ccc(N2CCN(CCNc3nc(N)nc(N=C(N)c4ccco4)c3C=[NH2+])CC2)c(F)c1. The molecule has 11 nitrogen and oxygen atoms in total. The van der Waals surface area contributed by atoms with E-state index in [1.54, 1.807) is 24.3 Å². The number of halogens is 1. The number of nitrogens with zero attached hydrogens (tertiary/aromatic N) is 6. The quantitative estimate of drug-likeness (QED) is 0.243. The smallest absolute Gasteiger partial charge is 0.224 e. The van der Waals surface area contributed by atoms with Crippen LogP contribution >= 0.6 is 0 Å². The maximum Gasteiger partial charge on any atom is 0.224 e. The van der Waals surface area contributed by atoms with Gasteiger partial charge in [0.05, 0.1) is 24.4 Å². The lowest BCUT2D eigenvalue weighted by atomic mass is 10.1. The highest BCUT2D eigenvalue weighted by Gasteiger charge is 2.20. The molecule has 0 atom stereocenters. The van der Waals surface area contributed by atoms with Crippen LogP contribution < -0.4 is 27.1 Å². The van der Waals surface area contributed by atoms with E-state index in [-0.39, 0.29) is 29.8 Å². The van der Waals surface area contributed by atoms with Crippen LogP contribution in [-0.4, -0.2) is 66.2 Å². The van der Waals surface area contributed by atoms with Gasteiger partial charge in [-0.3, -0.25) is 10.3 Å². The molecular weight excluding hydrogens is 463 g/mol. The van der Waals surface area contributed by atoms with E-state index in [0.717, 1.165) is 19.6 Å². The molecular formula is C24H28FN10O+. The van der Waals surface area contributed by atoms with Crippen molar-refractivity contribution in [1.29, 1.82) is 5.26 Å². The van der Waals surface area contributed by atoms with Gasteiger partial charge in [-0.1, -0.05) is 6.07 Å². The van der Waals surface area contributed by atoms with Gasteiger partial charge in [-0.05, 0) is 29.8 Å². The lowest BCUT2D eigenvalue weighted by molar-refractivity contribution is -0.104. The number of nitriles is 1. The summed E-state index contributed by atoms with van der Waals surface area (Å²) in [5.41, 5.74) is 13.6. The maximum atomic E-state index is 14.5. The third kappa shape index (κ3) is 5.76. The number of anilines is 3. The van der Waals surface area contributed by atoms with Crippen LogP contribution in [0.1, 0.15) is 16.9 Å². The Balaban J connectivity index is 1.35. The van der Waals surface area contributed by atoms with Crippen molar-refractivity contribution in [3.05, 3.63) is 59.3 Å². The zero-order valence-corrected chi connectivity index (χ0v) is 19.7. The van der Waals surface area contributed by atoms with Crippen molar-refractivity contribution in [2.24, 2.45) is 10.7 Å². The second-order valence-electron chi connectivity index (χ2n) is 8.18. The molecule has 0 aliphatic carbocycles. The Morgan fingerprint density at radius 1 is 1.28 bits per heavy atom. The normalized spacial score (nSPS) is 14.4. The molecule has 0 amide bonds.